The van der Waals surface area contributed by atoms with Gasteiger partial charge in [0.15, 0.2) is 11.0 Å². The zero-order valence-corrected chi connectivity index (χ0v) is 12.1. The van der Waals surface area contributed by atoms with Crippen molar-refractivity contribution in [2.75, 3.05) is 6.26 Å². The molecule has 5 heteroatoms. The lowest BCUT2D eigenvalue weighted by molar-refractivity contribution is 0.888. The largest absolute Gasteiger partial charge is 0.270 e. The van der Waals surface area contributed by atoms with Crippen molar-refractivity contribution in [3.63, 3.8) is 0 Å². The predicted molar refractivity (Wildman–Crippen MR) is 81.1 cm³/mol. The van der Waals surface area contributed by atoms with Gasteiger partial charge in [-0.15, -0.1) is 10.2 Å². The summed E-state index contributed by atoms with van der Waals surface area (Å²) in [5.41, 5.74) is 3.30. The van der Waals surface area contributed by atoms with E-state index in [0.717, 1.165) is 22.2 Å². The lowest BCUT2D eigenvalue weighted by Crippen LogP contribution is -1.99. The van der Waals surface area contributed by atoms with E-state index in [1.807, 2.05) is 24.5 Å². The number of rotatable bonds is 3. The van der Waals surface area contributed by atoms with Gasteiger partial charge in [0, 0.05) is 23.6 Å². The molecule has 0 fully saturated rings. The molecule has 0 unspecified atom stereocenters. The van der Waals surface area contributed by atoms with Crippen molar-refractivity contribution in [1.29, 1.82) is 0 Å². The van der Waals surface area contributed by atoms with E-state index in [-0.39, 0.29) is 0 Å². The highest BCUT2D eigenvalue weighted by Gasteiger charge is 2.14. The van der Waals surface area contributed by atoms with Crippen LogP contribution in [0.15, 0.2) is 53.9 Å². The summed E-state index contributed by atoms with van der Waals surface area (Å²) in [5, 5.41) is 9.48. The van der Waals surface area contributed by atoms with E-state index >= 15 is 0 Å². The Morgan fingerprint density at radius 2 is 1.85 bits per heavy atom. The van der Waals surface area contributed by atoms with Crippen molar-refractivity contribution in [3.8, 4) is 17.1 Å². The molecule has 0 spiro atoms. The Morgan fingerprint density at radius 3 is 2.55 bits per heavy atom. The fraction of sp³-hybridized carbons (Fsp3) is 0.133. The summed E-state index contributed by atoms with van der Waals surface area (Å²) in [6.07, 6.45) is 5.54. The maximum atomic E-state index is 4.33. The predicted octanol–water partition coefficient (Wildman–Crippen LogP) is 3.36. The molecule has 1 aromatic carbocycles. The van der Waals surface area contributed by atoms with Crippen LogP contribution in [0, 0.1) is 6.92 Å². The zero-order chi connectivity index (χ0) is 13.9. The first-order chi connectivity index (χ1) is 9.79. The quantitative estimate of drug-likeness (QED) is 0.691. The Kier molecular flexibility index (Phi) is 3.52. The number of aromatic nitrogens is 4. The first-order valence-electron chi connectivity index (χ1n) is 6.26. The molecule has 0 amide bonds. The van der Waals surface area contributed by atoms with Crippen LogP contribution in [0.2, 0.25) is 0 Å². The van der Waals surface area contributed by atoms with Crippen molar-refractivity contribution in [3.05, 3.63) is 54.4 Å². The van der Waals surface area contributed by atoms with Crippen LogP contribution in [0.3, 0.4) is 0 Å². The van der Waals surface area contributed by atoms with Crippen molar-refractivity contribution in [2.24, 2.45) is 0 Å². The van der Waals surface area contributed by atoms with E-state index in [0.29, 0.717) is 0 Å². The molecule has 2 aromatic heterocycles. The average molecular weight is 282 g/mol. The second-order valence-corrected chi connectivity index (χ2v) is 5.19. The standard InChI is InChI=1S/C15H14N4S/c1-11-4-3-5-13(10-11)19-14(17-18-15(19)20-2)12-6-8-16-9-7-12/h3-10H,1-2H3. The summed E-state index contributed by atoms with van der Waals surface area (Å²) in [6.45, 7) is 2.08. The minimum absolute atomic E-state index is 0.836. The van der Waals surface area contributed by atoms with E-state index in [4.69, 9.17) is 0 Å². The van der Waals surface area contributed by atoms with E-state index in [1.165, 1.54) is 5.56 Å². The molecule has 2 heterocycles. The number of thioether (sulfide) groups is 1. The van der Waals surface area contributed by atoms with Gasteiger partial charge in [-0.05, 0) is 43.0 Å². The van der Waals surface area contributed by atoms with Crippen molar-refractivity contribution in [2.45, 2.75) is 12.1 Å². The summed E-state index contributed by atoms with van der Waals surface area (Å²) in [5.74, 6) is 0.836. The molecular formula is C15H14N4S. The minimum Gasteiger partial charge on any atom is -0.270 e. The van der Waals surface area contributed by atoms with Gasteiger partial charge in [-0.25, -0.2) is 0 Å². The third kappa shape index (κ3) is 2.32. The molecule has 3 aromatic rings. The maximum Gasteiger partial charge on any atom is 0.195 e. The summed E-state index contributed by atoms with van der Waals surface area (Å²) in [7, 11) is 0. The highest BCUT2D eigenvalue weighted by Crippen LogP contribution is 2.26. The third-order valence-electron chi connectivity index (χ3n) is 3.01. The summed E-state index contributed by atoms with van der Waals surface area (Å²) < 4.78 is 2.08. The Hall–Kier alpha value is -2.14. The number of pyridine rings is 1. The van der Waals surface area contributed by atoms with Crippen LogP contribution in [0.1, 0.15) is 5.56 Å². The molecule has 0 saturated heterocycles. The van der Waals surface area contributed by atoms with Gasteiger partial charge in [0.25, 0.3) is 0 Å². The molecule has 0 bridgehead atoms. The number of benzene rings is 1. The number of hydrogen-bond donors (Lipinski definition) is 0. The van der Waals surface area contributed by atoms with Gasteiger partial charge < -0.3 is 0 Å². The smallest absolute Gasteiger partial charge is 0.195 e. The second-order valence-electron chi connectivity index (χ2n) is 4.42. The van der Waals surface area contributed by atoms with Gasteiger partial charge in [-0.2, -0.15) is 0 Å². The van der Waals surface area contributed by atoms with E-state index < -0.39 is 0 Å². The number of nitrogens with zero attached hydrogens (tertiary/aromatic N) is 4. The fourth-order valence-corrected chi connectivity index (χ4v) is 2.59. The van der Waals surface area contributed by atoms with Gasteiger partial charge in [-0.3, -0.25) is 9.55 Å². The van der Waals surface area contributed by atoms with Crippen LogP contribution < -0.4 is 0 Å². The summed E-state index contributed by atoms with van der Waals surface area (Å²) in [4.78, 5) is 4.05. The molecule has 0 aliphatic rings. The van der Waals surface area contributed by atoms with Crippen LogP contribution in [-0.2, 0) is 0 Å². The van der Waals surface area contributed by atoms with Crippen molar-refractivity contribution >= 4 is 11.8 Å². The third-order valence-corrected chi connectivity index (χ3v) is 3.64. The molecule has 0 aliphatic heterocycles. The SMILES string of the molecule is CSc1nnc(-c2ccncc2)n1-c1cccc(C)c1. The van der Waals surface area contributed by atoms with Gasteiger partial charge in [0.1, 0.15) is 0 Å². The topological polar surface area (TPSA) is 43.6 Å². The van der Waals surface area contributed by atoms with Gasteiger partial charge in [0.2, 0.25) is 0 Å². The molecule has 0 aliphatic carbocycles. The highest BCUT2D eigenvalue weighted by molar-refractivity contribution is 7.98. The van der Waals surface area contributed by atoms with E-state index in [1.54, 1.807) is 24.2 Å². The molecule has 0 saturated carbocycles. The zero-order valence-electron chi connectivity index (χ0n) is 11.3. The molecule has 20 heavy (non-hydrogen) atoms. The molecular weight excluding hydrogens is 268 g/mol. The number of hydrogen-bond acceptors (Lipinski definition) is 4. The maximum absolute atomic E-state index is 4.33. The van der Waals surface area contributed by atoms with Gasteiger partial charge in [0.05, 0.1) is 0 Å². The molecule has 0 atom stereocenters. The molecule has 0 radical (unpaired) electrons. The summed E-state index contributed by atoms with van der Waals surface area (Å²) >= 11 is 1.59. The number of aryl methyl sites for hydroxylation is 1. The van der Waals surface area contributed by atoms with Crippen LogP contribution in [0.5, 0.6) is 0 Å². The molecule has 4 nitrogen and oxygen atoms in total. The minimum atomic E-state index is 0.836. The lowest BCUT2D eigenvalue weighted by atomic mass is 10.2. The van der Waals surface area contributed by atoms with Gasteiger partial charge >= 0.3 is 0 Å². The first kappa shape index (κ1) is 12.9. The van der Waals surface area contributed by atoms with Crippen LogP contribution in [-0.4, -0.2) is 26.0 Å². The van der Waals surface area contributed by atoms with E-state index in [9.17, 15) is 0 Å². The Balaban J connectivity index is 2.21. The molecule has 100 valence electrons. The van der Waals surface area contributed by atoms with Crippen LogP contribution in [0.25, 0.3) is 17.1 Å². The summed E-state index contributed by atoms with van der Waals surface area (Å²) in [6, 6.07) is 12.2. The fourth-order valence-electron chi connectivity index (χ4n) is 2.09. The highest BCUT2D eigenvalue weighted by atomic mass is 32.2. The van der Waals surface area contributed by atoms with Gasteiger partial charge in [-0.1, -0.05) is 23.9 Å². The van der Waals surface area contributed by atoms with Crippen LogP contribution in [0.4, 0.5) is 0 Å². The lowest BCUT2D eigenvalue weighted by Gasteiger charge is -2.09. The molecule has 3 rings (SSSR count). The normalized spacial score (nSPS) is 10.7. The monoisotopic (exact) mass is 282 g/mol. The first-order valence-corrected chi connectivity index (χ1v) is 7.49. The Morgan fingerprint density at radius 1 is 1.05 bits per heavy atom. The Bertz CT molecular complexity index is 722. The Labute approximate surface area is 121 Å². The van der Waals surface area contributed by atoms with Crippen molar-refractivity contribution in [1.82, 2.24) is 19.7 Å². The molecule has 0 N–H and O–H groups in total. The van der Waals surface area contributed by atoms with Crippen LogP contribution >= 0.6 is 11.8 Å². The van der Waals surface area contributed by atoms with E-state index in [2.05, 4.69) is 44.9 Å². The average Bonchev–Trinajstić information content (AvgIpc) is 2.92. The second kappa shape index (κ2) is 5.46. The van der Waals surface area contributed by atoms with Crippen molar-refractivity contribution < 1.29 is 0 Å².